The fraction of sp³-hybridized carbons (Fsp3) is 0.857. The maximum Gasteiger partial charge on any atom is 0.239 e. The van der Waals surface area contributed by atoms with Gasteiger partial charge in [-0.1, -0.05) is 26.7 Å². The molecule has 19 heavy (non-hydrogen) atoms. The van der Waals surface area contributed by atoms with Gasteiger partial charge in [-0.2, -0.15) is 0 Å². The van der Waals surface area contributed by atoms with Gasteiger partial charge < -0.3 is 10.2 Å². The van der Waals surface area contributed by atoms with Gasteiger partial charge in [0, 0.05) is 13.1 Å². The first kappa shape index (κ1) is 16.0. The molecule has 0 aromatic carbocycles. The van der Waals surface area contributed by atoms with Gasteiger partial charge >= 0.3 is 0 Å². The third kappa shape index (κ3) is 6.05. The van der Waals surface area contributed by atoms with E-state index in [-0.39, 0.29) is 18.4 Å². The molecule has 5 nitrogen and oxygen atoms in total. The molecule has 0 aromatic heterocycles. The molecule has 1 aliphatic rings. The Balaban J connectivity index is 2.41. The lowest BCUT2D eigenvalue weighted by molar-refractivity contribution is -0.139. The number of piperazine rings is 1. The van der Waals surface area contributed by atoms with E-state index in [1.165, 1.54) is 0 Å². The average molecular weight is 269 g/mol. The van der Waals surface area contributed by atoms with Crippen molar-refractivity contribution in [2.75, 3.05) is 39.3 Å². The summed E-state index contributed by atoms with van der Waals surface area (Å²) in [4.78, 5) is 27.4. The highest BCUT2D eigenvalue weighted by Gasteiger charge is 2.22. The van der Waals surface area contributed by atoms with Crippen molar-refractivity contribution < 1.29 is 9.59 Å². The molecule has 0 spiro atoms. The summed E-state index contributed by atoms with van der Waals surface area (Å²) in [6.07, 6.45) is 4.53. The Kier molecular flexibility index (Phi) is 7.48. The number of nitrogens with one attached hydrogen (secondary N) is 1. The highest BCUT2D eigenvalue weighted by molar-refractivity contribution is 5.86. The number of unbranched alkanes of at least 4 members (excludes halogenated alkanes) is 2. The lowest BCUT2D eigenvalue weighted by Crippen LogP contribution is -2.52. The number of nitrogens with zero attached hydrogens (tertiary/aromatic N) is 2. The van der Waals surface area contributed by atoms with Crippen LogP contribution in [0.3, 0.4) is 0 Å². The second kappa shape index (κ2) is 8.91. The van der Waals surface area contributed by atoms with Crippen LogP contribution in [0.2, 0.25) is 0 Å². The molecule has 0 bridgehead atoms. The van der Waals surface area contributed by atoms with Gasteiger partial charge in [0.15, 0.2) is 0 Å². The Hall–Kier alpha value is -1.10. The molecule has 5 heteroatoms. The molecule has 1 fully saturated rings. The number of rotatable bonds is 8. The van der Waals surface area contributed by atoms with Crippen LogP contribution in [0.1, 0.15) is 39.5 Å². The molecule has 2 amide bonds. The van der Waals surface area contributed by atoms with Gasteiger partial charge in [-0.15, -0.1) is 0 Å². The summed E-state index contributed by atoms with van der Waals surface area (Å²) in [5, 5.41) is 2.74. The van der Waals surface area contributed by atoms with Gasteiger partial charge in [0.05, 0.1) is 13.1 Å². The second-order valence-electron chi connectivity index (χ2n) is 5.15. The van der Waals surface area contributed by atoms with E-state index in [0.717, 1.165) is 38.8 Å². The molecule has 1 rings (SSSR count). The summed E-state index contributed by atoms with van der Waals surface area (Å²) in [5.41, 5.74) is 0. The third-order valence-corrected chi connectivity index (χ3v) is 3.41. The number of carbonyl (C=O) groups excluding carboxylic acids is 2. The third-order valence-electron chi connectivity index (χ3n) is 3.41. The number of hydrogen-bond donors (Lipinski definition) is 1. The first-order chi connectivity index (χ1) is 9.17. The summed E-state index contributed by atoms with van der Waals surface area (Å²) in [6, 6.07) is 0. The van der Waals surface area contributed by atoms with Gasteiger partial charge in [0.2, 0.25) is 11.8 Å². The molecule has 110 valence electrons. The van der Waals surface area contributed by atoms with Crippen LogP contribution < -0.4 is 5.32 Å². The van der Waals surface area contributed by atoms with Crippen molar-refractivity contribution >= 4 is 11.8 Å². The number of hydrogen-bond acceptors (Lipinski definition) is 3. The highest BCUT2D eigenvalue weighted by Crippen LogP contribution is 2.02. The summed E-state index contributed by atoms with van der Waals surface area (Å²) in [5.74, 6) is 0.0373. The fourth-order valence-corrected chi connectivity index (χ4v) is 2.18. The smallest absolute Gasteiger partial charge is 0.239 e. The fourth-order valence-electron chi connectivity index (χ4n) is 2.18. The lowest BCUT2D eigenvalue weighted by atomic mass is 10.2. The number of amides is 2. The molecule has 0 atom stereocenters. The van der Waals surface area contributed by atoms with Crippen LogP contribution in [0.4, 0.5) is 0 Å². The molecule has 0 saturated carbocycles. The van der Waals surface area contributed by atoms with E-state index in [9.17, 15) is 9.59 Å². The monoisotopic (exact) mass is 269 g/mol. The summed E-state index contributed by atoms with van der Waals surface area (Å²) < 4.78 is 0. The Morgan fingerprint density at radius 2 is 1.89 bits per heavy atom. The van der Waals surface area contributed by atoms with E-state index in [0.29, 0.717) is 19.6 Å². The molecule has 1 N–H and O–H groups in total. The maximum atomic E-state index is 12.2. The van der Waals surface area contributed by atoms with E-state index in [4.69, 9.17) is 0 Å². The average Bonchev–Trinajstić information content (AvgIpc) is 2.41. The summed E-state index contributed by atoms with van der Waals surface area (Å²) in [7, 11) is 0. The summed E-state index contributed by atoms with van der Waals surface area (Å²) >= 11 is 0. The SMILES string of the molecule is CCCCN(CCCC)CC(=O)N1CCNC(=O)C1. The first-order valence-electron chi connectivity index (χ1n) is 7.44. The van der Waals surface area contributed by atoms with Gasteiger partial charge in [0.25, 0.3) is 0 Å². The Bertz CT molecular complexity index is 286. The van der Waals surface area contributed by atoms with E-state index < -0.39 is 0 Å². The van der Waals surface area contributed by atoms with Crippen molar-refractivity contribution in [1.29, 1.82) is 0 Å². The minimum Gasteiger partial charge on any atom is -0.353 e. The molecule has 0 unspecified atom stereocenters. The van der Waals surface area contributed by atoms with Crippen molar-refractivity contribution in [1.82, 2.24) is 15.1 Å². The molecular weight excluding hydrogens is 242 g/mol. The van der Waals surface area contributed by atoms with Crippen LogP contribution in [0.5, 0.6) is 0 Å². The predicted molar refractivity (Wildman–Crippen MR) is 75.8 cm³/mol. The van der Waals surface area contributed by atoms with Crippen molar-refractivity contribution in [2.45, 2.75) is 39.5 Å². The Morgan fingerprint density at radius 3 is 2.42 bits per heavy atom. The van der Waals surface area contributed by atoms with Crippen molar-refractivity contribution in [2.24, 2.45) is 0 Å². The van der Waals surface area contributed by atoms with Crippen molar-refractivity contribution in [3.05, 3.63) is 0 Å². The maximum absolute atomic E-state index is 12.2. The highest BCUT2D eigenvalue weighted by atomic mass is 16.2. The van der Waals surface area contributed by atoms with Crippen LogP contribution in [0.25, 0.3) is 0 Å². The van der Waals surface area contributed by atoms with E-state index in [1.807, 2.05) is 0 Å². The minimum atomic E-state index is -0.0479. The normalized spacial score (nSPS) is 15.7. The van der Waals surface area contributed by atoms with Gasteiger partial charge in [-0.05, 0) is 25.9 Å². The van der Waals surface area contributed by atoms with Crippen LogP contribution in [-0.4, -0.2) is 60.9 Å². The van der Waals surface area contributed by atoms with E-state index in [1.54, 1.807) is 4.90 Å². The zero-order valence-electron chi connectivity index (χ0n) is 12.3. The first-order valence-corrected chi connectivity index (χ1v) is 7.44. The van der Waals surface area contributed by atoms with Crippen LogP contribution >= 0.6 is 0 Å². The zero-order valence-corrected chi connectivity index (χ0v) is 12.3. The quantitative estimate of drug-likeness (QED) is 0.710. The van der Waals surface area contributed by atoms with Gasteiger partial charge in [0.1, 0.15) is 0 Å². The minimum absolute atomic E-state index is 0.0479. The molecular formula is C14H27N3O2. The predicted octanol–water partition coefficient (Wildman–Crippen LogP) is 0.847. The second-order valence-corrected chi connectivity index (χ2v) is 5.15. The lowest BCUT2D eigenvalue weighted by Gasteiger charge is -2.29. The molecule has 0 radical (unpaired) electrons. The largest absolute Gasteiger partial charge is 0.353 e. The number of carbonyl (C=O) groups is 2. The molecule has 0 aliphatic carbocycles. The topological polar surface area (TPSA) is 52.7 Å². The van der Waals surface area contributed by atoms with E-state index >= 15 is 0 Å². The molecule has 1 heterocycles. The van der Waals surface area contributed by atoms with Crippen molar-refractivity contribution in [3.63, 3.8) is 0 Å². The Labute approximate surface area is 116 Å². The molecule has 1 saturated heterocycles. The summed E-state index contributed by atoms with van der Waals surface area (Å²) in [6.45, 7) is 8.16. The van der Waals surface area contributed by atoms with Crippen molar-refractivity contribution in [3.8, 4) is 0 Å². The van der Waals surface area contributed by atoms with Gasteiger partial charge in [-0.25, -0.2) is 0 Å². The molecule has 0 aromatic rings. The molecule has 1 aliphatic heterocycles. The van der Waals surface area contributed by atoms with Crippen LogP contribution in [0.15, 0.2) is 0 Å². The van der Waals surface area contributed by atoms with E-state index in [2.05, 4.69) is 24.1 Å². The Morgan fingerprint density at radius 1 is 1.26 bits per heavy atom. The van der Waals surface area contributed by atoms with Crippen LogP contribution in [0, 0.1) is 0 Å². The van der Waals surface area contributed by atoms with Crippen LogP contribution in [-0.2, 0) is 9.59 Å². The zero-order chi connectivity index (χ0) is 14.1. The van der Waals surface area contributed by atoms with Gasteiger partial charge in [-0.3, -0.25) is 14.5 Å². The standard InChI is InChI=1S/C14H27N3O2/c1-3-5-8-16(9-6-4-2)12-14(19)17-10-7-15-13(18)11-17/h3-12H2,1-2H3,(H,15,18).